The number of esters is 2. The van der Waals surface area contributed by atoms with Gasteiger partial charge in [0.2, 0.25) is 0 Å². The number of allylic oxidation sites excluding steroid dienone is 8. The van der Waals surface area contributed by atoms with Gasteiger partial charge >= 0.3 is 19.8 Å². The number of phosphoric acid groups is 1. The van der Waals surface area contributed by atoms with Gasteiger partial charge in [0.1, 0.15) is 18.1 Å². The molecule has 0 aliphatic heterocycles. The van der Waals surface area contributed by atoms with Gasteiger partial charge in [-0.15, -0.1) is 0 Å². The molecular formula is C45H74NO10P. The smallest absolute Gasteiger partial charge is 0.466 e. The zero-order chi connectivity index (χ0) is 42.0. The molecule has 1 unspecified atom stereocenters. The lowest BCUT2D eigenvalue weighted by Gasteiger charge is -2.19. The zero-order valence-corrected chi connectivity index (χ0v) is 36.4. The number of carbonyl (C=O) groups is 3. The maximum absolute atomic E-state index is 12.6. The van der Waals surface area contributed by atoms with E-state index in [1.807, 2.05) is 24.3 Å². The second-order valence-electron chi connectivity index (χ2n) is 14.5. The fourth-order valence-electron chi connectivity index (χ4n) is 5.92. The van der Waals surface area contributed by atoms with Crippen molar-refractivity contribution in [2.75, 3.05) is 26.4 Å². The van der Waals surface area contributed by atoms with E-state index >= 15 is 0 Å². The van der Waals surface area contributed by atoms with Gasteiger partial charge in [-0.05, 0) is 82.4 Å². The minimum atomic E-state index is -4.42. The first-order valence-corrected chi connectivity index (χ1v) is 22.9. The molecule has 0 aromatic carbocycles. The van der Waals surface area contributed by atoms with Gasteiger partial charge in [0.05, 0.1) is 13.2 Å². The number of phosphoric ester groups is 1. The number of hydrogen-bond donors (Lipinski definition) is 2. The van der Waals surface area contributed by atoms with E-state index in [-0.39, 0.29) is 38.4 Å². The summed E-state index contributed by atoms with van der Waals surface area (Å²) in [6.07, 6.45) is 32.7. The topological polar surface area (TPSA) is 165 Å². The van der Waals surface area contributed by atoms with E-state index in [1.54, 1.807) is 12.2 Å². The molecule has 0 bridgehead atoms. The van der Waals surface area contributed by atoms with Crippen LogP contribution in [-0.4, -0.2) is 55.1 Å². The van der Waals surface area contributed by atoms with Crippen molar-refractivity contribution in [2.45, 2.75) is 169 Å². The van der Waals surface area contributed by atoms with Crippen LogP contribution in [-0.2, 0) is 50.3 Å². The van der Waals surface area contributed by atoms with Crippen molar-refractivity contribution in [3.8, 4) is 0 Å². The molecule has 1 heterocycles. The summed E-state index contributed by atoms with van der Waals surface area (Å²) in [5, 5.41) is 0. The Morgan fingerprint density at radius 1 is 0.702 bits per heavy atom. The Bertz CT molecular complexity index is 1410. The molecule has 2 atom stereocenters. The molecule has 57 heavy (non-hydrogen) atoms. The highest BCUT2D eigenvalue weighted by Gasteiger charge is 2.26. The predicted molar refractivity (Wildman–Crippen MR) is 228 cm³/mol. The standard InChI is InChI=1S/C45H74NO10P/c1-5-7-23-29-40(47)30-24-19-15-11-9-8-10-12-17-21-26-32-44(48)52-36-41(37-54-57(50,51)53-35-34-46)55-45(49)33-27-22-18-14-13-16-20-25-31-43-39(4)38(3)42(56-43)28-6-2/h8-9,12,15,17,19,24,30,41H,5-7,10-11,13-14,16,18,20-23,25-29,31-37,46H2,1-4H3,(H,50,51)/b9-8-,17-12-,19-15-,30-24+/t41-/m1/s1. The molecule has 3 N–H and O–H groups in total. The number of nitrogens with two attached hydrogens (primary N) is 1. The number of carbonyl (C=O) groups excluding carboxylic acids is 3. The lowest BCUT2D eigenvalue weighted by atomic mass is 10.0. The van der Waals surface area contributed by atoms with Crippen LogP contribution in [0.5, 0.6) is 0 Å². The summed E-state index contributed by atoms with van der Waals surface area (Å²) >= 11 is 0. The molecule has 0 aliphatic carbocycles. The van der Waals surface area contributed by atoms with Crippen LogP contribution in [0.25, 0.3) is 0 Å². The van der Waals surface area contributed by atoms with Gasteiger partial charge in [-0.3, -0.25) is 23.4 Å². The van der Waals surface area contributed by atoms with E-state index in [1.165, 1.54) is 24.0 Å². The minimum Gasteiger partial charge on any atom is -0.466 e. The molecule has 0 amide bonds. The molecular weight excluding hydrogens is 745 g/mol. The molecule has 324 valence electrons. The Morgan fingerprint density at radius 3 is 2.00 bits per heavy atom. The second kappa shape index (κ2) is 33.8. The highest BCUT2D eigenvalue weighted by molar-refractivity contribution is 7.47. The van der Waals surface area contributed by atoms with Gasteiger partial charge in [0.15, 0.2) is 11.9 Å². The predicted octanol–water partition coefficient (Wildman–Crippen LogP) is 10.8. The van der Waals surface area contributed by atoms with Crippen molar-refractivity contribution in [3.05, 3.63) is 71.3 Å². The quantitative estimate of drug-likeness (QED) is 0.0165. The van der Waals surface area contributed by atoms with Crippen molar-refractivity contribution >= 4 is 25.5 Å². The molecule has 1 aromatic heterocycles. The molecule has 0 fully saturated rings. The monoisotopic (exact) mass is 820 g/mol. The Kier molecular flexibility index (Phi) is 30.8. The molecule has 0 aliphatic rings. The van der Waals surface area contributed by atoms with Gasteiger partial charge in [0, 0.05) is 38.6 Å². The fraction of sp³-hybridized carbons (Fsp3) is 0.667. The van der Waals surface area contributed by atoms with Crippen LogP contribution in [0.4, 0.5) is 0 Å². The summed E-state index contributed by atoms with van der Waals surface area (Å²) in [6.45, 7) is 7.68. The van der Waals surface area contributed by atoms with Crippen LogP contribution in [0.15, 0.2) is 53.0 Å². The van der Waals surface area contributed by atoms with E-state index in [0.29, 0.717) is 25.7 Å². The number of rotatable bonds is 36. The summed E-state index contributed by atoms with van der Waals surface area (Å²) < 4.78 is 38.8. The molecule has 11 nitrogen and oxygen atoms in total. The summed E-state index contributed by atoms with van der Waals surface area (Å²) in [4.78, 5) is 46.6. The second-order valence-corrected chi connectivity index (χ2v) is 15.9. The summed E-state index contributed by atoms with van der Waals surface area (Å²) in [6, 6.07) is 0. The van der Waals surface area contributed by atoms with Crippen molar-refractivity contribution < 1.29 is 46.8 Å². The normalized spacial score (nSPS) is 13.6. The Labute approximate surface area is 343 Å². The van der Waals surface area contributed by atoms with Crippen molar-refractivity contribution in [1.29, 1.82) is 0 Å². The fourth-order valence-corrected chi connectivity index (χ4v) is 6.69. The molecule has 0 saturated carbocycles. The number of hydrogen-bond acceptors (Lipinski definition) is 10. The lowest BCUT2D eigenvalue weighted by molar-refractivity contribution is -0.161. The molecule has 0 spiro atoms. The largest absolute Gasteiger partial charge is 0.472 e. The molecule has 0 saturated heterocycles. The molecule has 12 heteroatoms. The number of aryl methyl sites for hydroxylation is 2. The number of unbranched alkanes of at least 4 members (excludes halogenated alkanes) is 10. The maximum Gasteiger partial charge on any atom is 0.472 e. The van der Waals surface area contributed by atoms with Crippen LogP contribution in [0.3, 0.4) is 0 Å². The van der Waals surface area contributed by atoms with E-state index in [2.05, 4.69) is 39.8 Å². The van der Waals surface area contributed by atoms with Crippen LogP contribution in [0.2, 0.25) is 0 Å². The number of furan rings is 1. The van der Waals surface area contributed by atoms with E-state index < -0.39 is 32.5 Å². The highest BCUT2D eigenvalue weighted by atomic mass is 31.2. The van der Waals surface area contributed by atoms with E-state index in [9.17, 15) is 23.8 Å². The molecule has 1 rings (SSSR count). The first-order chi connectivity index (χ1) is 27.5. The Hall–Kier alpha value is -3.08. The van der Waals surface area contributed by atoms with Crippen molar-refractivity contribution in [2.24, 2.45) is 5.73 Å². The number of ether oxygens (including phenoxy) is 2. The third kappa shape index (κ3) is 28.1. The first-order valence-electron chi connectivity index (χ1n) is 21.4. The van der Waals surface area contributed by atoms with Gasteiger partial charge in [-0.1, -0.05) is 108 Å². The Morgan fingerprint density at radius 2 is 1.32 bits per heavy atom. The number of ketones is 1. The third-order valence-corrected chi connectivity index (χ3v) is 10.4. The first kappa shape index (κ1) is 51.9. The van der Waals surface area contributed by atoms with Crippen LogP contribution in [0, 0.1) is 13.8 Å². The average Bonchev–Trinajstić information content (AvgIpc) is 3.45. The summed E-state index contributed by atoms with van der Waals surface area (Å²) in [5.41, 5.74) is 7.95. The molecule has 0 radical (unpaired) electrons. The van der Waals surface area contributed by atoms with Crippen LogP contribution < -0.4 is 5.73 Å². The zero-order valence-electron chi connectivity index (χ0n) is 35.5. The van der Waals surface area contributed by atoms with Crippen LogP contribution in [0.1, 0.15) is 158 Å². The SMILES string of the molecule is CCCCCC(=O)/C=C/C=C\C/C=C\C/C=C\CCCC(=O)OC[C@H](COP(=O)(O)OCCN)OC(=O)CCCCCCCCCCc1oc(CCC)c(C)c1C. The van der Waals surface area contributed by atoms with Gasteiger partial charge in [0.25, 0.3) is 0 Å². The summed E-state index contributed by atoms with van der Waals surface area (Å²) in [7, 11) is -4.42. The average molecular weight is 820 g/mol. The molecule has 1 aromatic rings. The third-order valence-electron chi connectivity index (χ3n) is 9.37. The van der Waals surface area contributed by atoms with Gasteiger partial charge < -0.3 is 24.5 Å². The highest BCUT2D eigenvalue weighted by Crippen LogP contribution is 2.43. The Balaban J connectivity index is 2.31. The van der Waals surface area contributed by atoms with Crippen LogP contribution >= 0.6 is 7.82 Å². The van der Waals surface area contributed by atoms with Gasteiger partial charge in [-0.25, -0.2) is 4.57 Å². The van der Waals surface area contributed by atoms with E-state index in [0.717, 1.165) is 95.0 Å². The van der Waals surface area contributed by atoms with Crippen molar-refractivity contribution in [3.63, 3.8) is 0 Å². The van der Waals surface area contributed by atoms with E-state index in [4.69, 9.17) is 28.7 Å². The van der Waals surface area contributed by atoms with Crippen molar-refractivity contribution in [1.82, 2.24) is 0 Å². The van der Waals surface area contributed by atoms with Gasteiger partial charge in [-0.2, -0.15) is 0 Å². The minimum absolute atomic E-state index is 0.0286. The lowest BCUT2D eigenvalue weighted by Crippen LogP contribution is -2.29. The summed E-state index contributed by atoms with van der Waals surface area (Å²) in [5.74, 6) is 1.48. The maximum atomic E-state index is 12.6.